The summed E-state index contributed by atoms with van der Waals surface area (Å²) in [4.78, 5) is 60.8. The van der Waals surface area contributed by atoms with Crippen LogP contribution in [0.3, 0.4) is 0 Å². The number of nitrogens with zero attached hydrogens (tertiary/aromatic N) is 2. The first-order valence-electron chi connectivity index (χ1n) is 13.0. The van der Waals surface area contributed by atoms with Gasteiger partial charge in [-0.2, -0.15) is 5.26 Å². The number of hydrogen-bond donors (Lipinski definition) is 4. The summed E-state index contributed by atoms with van der Waals surface area (Å²) in [6.45, 7) is 5.36. The molecule has 1 aliphatic rings. The molecule has 1 saturated heterocycles. The van der Waals surface area contributed by atoms with Crippen LogP contribution in [0, 0.1) is 11.3 Å². The van der Waals surface area contributed by atoms with Crippen LogP contribution in [0.2, 0.25) is 0 Å². The van der Waals surface area contributed by atoms with E-state index in [1.807, 2.05) is 36.4 Å². The van der Waals surface area contributed by atoms with E-state index in [4.69, 9.17) is 10.00 Å². The summed E-state index contributed by atoms with van der Waals surface area (Å²) < 4.78 is 17.6. The summed E-state index contributed by atoms with van der Waals surface area (Å²) in [7, 11) is -4.78. The van der Waals surface area contributed by atoms with Crippen LogP contribution in [-0.4, -0.2) is 62.6 Å². The van der Waals surface area contributed by atoms with Gasteiger partial charge < -0.3 is 30.1 Å². The number of likely N-dealkylation sites (tertiary alicyclic amines) is 1. The van der Waals surface area contributed by atoms with Gasteiger partial charge in [0.05, 0.1) is 11.6 Å². The largest absolute Gasteiger partial charge is 0.444 e. The second-order valence-corrected chi connectivity index (χ2v) is 12.5. The first kappa shape index (κ1) is 30.8. The molecular weight excluding hydrogens is 535 g/mol. The molecule has 0 bridgehead atoms. The second-order valence-electron chi connectivity index (χ2n) is 10.7. The van der Waals surface area contributed by atoms with Gasteiger partial charge in [0, 0.05) is 19.4 Å². The van der Waals surface area contributed by atoms with Crippen LogP contribution in [0.4, 0.5) is 4.79 Å². The van der Waals surface area contributed by atoms with Gasteiger partial charge in [-0.15, -0.1) is 0 Å². The molecule has 3 atom stereocenters. The van der Waals surface area contributed by atoms with Crippen LogP contribution < -0.4 is 10.6 Å². The van der Waals surface area contributed by atoms with E-state index in [-0.39, 0.29) is 19.4 Å². The number of carbonyl (C=O) groups excluding carboxylic acids is 3. The van der Waals surface area contributed by atoms with Gasteiger partial charge in [-0.3, -0.25) is 14.2 Å². The third kappa shape index (κ3) is 8.91. The molecule has 2 aromatic rings. The number of hydrogen-bond acceptors (Lipinski definition) is 6. The smallest absolute Gasteiger partial charge is 0.408 e. The van der Waals surface area contributed by atoms with Crippen molar-refractivity contribution >= 4 is 25.5 Å². The molecule has 40 heavy (non-hydrogen) atoms. The molecule has 3 rings (SSSR count). The summed E-state index contributed by atoms with van der Waals surface area (Å²) >= 11 is 0. The van der Waals surface area contributed by atoms with Gasteiger partial charge in [0.1, 0.15) is 23.5 Å². The fraction of sp³-hybridized carbons (Fsp3) is 0.429. The predicted octanol–water partition coefficient (Wildman–Crippen LogP) is 2.85. The Morgan fingerprint density at radius 2 is 1.68 bits per heavy atom. The molecule has 3 amide bonds. The van der Waals surface area contributed by atoms with E-state index < -0.39 is 49.0 Å². The van der Waals surface area contributed by atoms with Crippen LogP contribution in [0.5, 0.6) is 0 Å². The van der Waals surface area contributed by atoms with Gasteiger partial charge in [-0.25, -0.2) is 4.79 Å². The van der Waals surface area contributed by atoms with Crippen molar-refractivity contribution in [3.05, 3.63) is 71.3 Å². The van der Waals surface area contributed by atoms with Crippen molar-refractivity contribution in [1.82, 2.24) is 15.5 Å². The number of ether oxygens (including phenoxy) is 1. The van der Waals surface area contributed by atoms with Crippen molar-refractivity contribution in [1.29, 1.82) is 5.26 Å². The number of rotatable bonds is 9. The molecular formula is C28H35N4O7P. The summed E-state index contributed by atoms with van der Waals surface area (Å²) in [5.74, 6) is -2.71. The van der Waals surface area contributed by atoms with Crippen LogP contribution in [0.25, 0.3) is 0 Å². The zero-order valence-corrected chi connectivity index (χ0v) is 23.6. The molecule has 0 spiro atoms. The van der Waals surface area contributed by atoms with Crippen molar-refractivity contribution < 1.29 is 33.5 Å². The Labute approximate surface area is 233 Å². The van der Waals surface area contributed by atoms with Crippen molar-refractivity contribution in [2.75, 3.05) is 6.54 Å². The third-order valence-corrected chi connectivity index (χ3v) is 7.46. The number of carbonyl (C=O) groups is 3. The summed E-state index contributed by atoms with van der Waals surface area (Å²) in [5, 5.41) is 14.1. The maximum Gasteiger partial charge on any atom is 0.408 e. The van der Waals surface area contributed by atoms with Crippen LogP contribution in [-0.2, 0) is 31.7 Å². The third-order valence-electron chi connectivity index (χ3n) is 6.34. The zero-order chi connectivity index (χ0) is 29.5. The molecule has 0 aromatic heterocycles. The fourth-order valence-electron chi connectivity index (χ4n) is 4.46. The lowest BCUT2D eigenvalue weighted by molar-refractivity contribution is -0.140. The molecule has 0 aliphatic carbocycles. The molecule has 2 aromatic carbocycles. The highest BCUT2D eigenvalue weighted by Crippen LogP contribution is 2.41. The van der Waals surface area contributed by atoms with Gasteiger partial charge in [0.15, 0.2) is 0 Å². The zero-order valence-electron chi connectivity index (χ0n) is 22.7. The lowest BCUT2D eigenvalue weighted by atomic mass is 10.0. The van der Waals surface area contributed by atoms with E-state index in [0.29, 0.717) is 24.0 Å². The Kier molecular flexibility index (Phi) is 10.1. The number of amides is 3. The maximum atomic E-state index is 13.7. The van der Waals surface area contributed by atoms with E-state index in [1.165, 1.54) is 17.0 Å². The van der Waals surface area contributed by atoms with Gasteiger partial charge >= 0.3 is 13.7 Å². The minimum Gasteiger partial charge on any atom is -0.444 e. The monoisotopic (exact) mass is 570 g/mol. The Bertz CT molecular complexity index is 1280. The quantitative estimate of drug-likeness (QED) is 0.334. The molecule has 11 nitrogen and oxygen atoms in total. The molecule has 1 heterocycles. The van der Waals surface area contributed by atoms with E-state index in [0.717, 1.165) is 5.56 Å². The van der Waals surface area contributed by atoms with Gasteiger partial charge in [0.25, 0.3) is 0 Å². The molecule has 0 saturated carbocycles. The van der Waals surface area contributed by atoms with Gasteiger partial charge in [0.2, 0.25) is 11.8 Å². The van der Waals surface area contributed by atoms with Gasteiger partial charge in [-0.05, 0) is 56.9 Å². The van der Waals surface area contributed by atoms with E-state index in [2.05, 4.69) is 10.6 Å². The second kappa shape index (κ2) is 13.1. The highest BCUT2D eigenvalue weighted by Gasteiger charge is 2.40. The van der Waals surface area contributed by atoms with Crippen LogP contribution in [0.1, 0.15) is 50.3 Å². The number of nitriles is 1. The standard InChI is InChI=1S/C28H35N4O7P/c1-28(2,3)39-27(35)30-22(16-19-8-5-4-6-9-19)26(34)32-15-7-10-23(32)25(33)31-24(40(36,37)38)17-20-11-13-21(18-29)14-12-20/h4-6,8-9,11-14,22-24H,7,10,15-17H2,1-3H3,(H,30,35)(H,31,33)(H2,36,37,38)/t22-,23+,24?/m1/s1. The summed E-state index contributed by atoms with van der Waals surface area (Å²) in [6.07, 6.45) is 0.0235. The van der Waals surface area contributed by atoms with Crippen molar-refractivity contribution in [3.63, 3.8) is 0 Å². The predicted molar refractivity (Wildman–Crippen MR) is 147 cm³/mol. The Hall–Kier alpha value is -3.71. The minimum absolute atomic E-state index is 0.160. The van der Waals surface area contributed by atoms with Gasteiger partial charge in [-0.1, -0.05) is 42.5 Å². The minimum atomic E-state index is -4.78. The highest BCUT2D eigenvalue weighted by molar-refractivity contribution is 7.52. The normalized spacial score (nSPS) is 16.9. The fourth-order valence-corrected chi connectivity index (χ4v) is 5.20. The molecule has 0 radical (unpaired) electrons. The average molecular weight is 571 g/mol. The molecule has 4 N–H and O–H groups in total. The Balaban J connectivity index is 1.78. The van der Waals surface area contributed by atoms with Crippen LogP contribution >= 0.6 is 7.60 Å². The van der Waals surface area contributed by atoms with Crippen molar-refractivity contribution in [2.24, 2.45) is 0 Å². The van der Waals surface area contributed by atoms with E-state index in [1.54, 1.807) is 32.9 Å². The van der Waals surface area contributed by atoms with Crippen LogP contribution in [0.15, 0.2) is 54.6 Å². The Morgan fingerprint density at radius 3 is 2.25 bits per heavy atom. The molecule has 12 heteroatoms. The van der Waals surface area contributed by atoms with E-state index in [9.17, 15) is 28.7 Å². The first-order chi connectivity index (χ1) is 18.8. The topological polar surface area (TPSA) is 169 Å². The lowest BCUT2D eigenvalue weighted by Gasteiger charge is -2.30. The average Bonchev–Trinajstić information content (AvgIpc) is 3.37. The van der Waals surface area contributed by atoms with Crippen molar-refractivity contribution in [3.8, 4) is 6.07 Å². The number of benzene rings is 2. The Morgan fingerprint density at radius 1 is 1.05 bits per heavy atom. The SMILES string of the molecule is CC(C)(C)OC(=O)N[C@H](Cc1ccccc1)C(=O)N1CCC[C@H]1C(=O)NC(Cc1ccc(C#N)cc1)P(=O)(O)O. The lowest BCUT2D eigenvalue weighted by Crippen LogP contribution is -2.55. The highest BCUT2D eigenvalue weighted by atomic mass is 31.2. The molecule has 214 valence electrons. The molecule has 1 unspecified atom stereocenters. The molecule has 1 aliphatic heterocycles. The van der Waals surface area contributed by atoms with E-state index >= 15 is 0 Å². The summed E-state index contributed by atoms with van der Waals surface area (Å²) in [6, 6.07) is 15.2. The maximum absolute atomic E-state index is 13.7. The number of nitrogens with one attached hydrogen (secondary N) is 2. The van der Waals surface area contributed by atoms with Crippen molar-refractivity contribution in [2.45, 2.75) is 69.9 Å². The first-order valence-corrected chi connectivity index (χ1v) is 14.6. The summed E-state index contributed by atoms with van der Waals surface area (Å²) in [5.41, 5.74) is 0.927. The molecule has 1 fully saturated rings. The number of alkyl carbamates (subject to hydrolysis) is 1.